The molecule has 0 spiro atoms. The average Bonchev–Trinajstić information content (AvgIpc) is 2.88. The van der Waals surface area contributed by atoms with Crippen LogP contribution in [0.3, 0.4) is 0 Å². The molecule has 0 fully saturated rings. The fraction of sp³-hybridized carbons (Fsp3) is 0.375. The summed E-state index contributed by atoms with van der Waals surface area (Å²) in [7, 11) is 1.79. The number of anilines is 1. The average molecular weight is 300 g/mol. The zero-order valence-corrected chi connectivity index (χ0v) is 12.8. The Balaban J connectivity index is 2.03. The summed E-state index contributed by atoms with van der Waals surface area (Å²) in [5.74, 6) is -0.0331. The molecular formula is C16H20N4O2. The van der Waals surface area contributed by atoms with Gasteiger partial charge in [0.1, 0.15) is 5.69 Å². The number of aromatic nitrogens is 1. The van der Waals surface area contributed by atoms with Gasteiger partial charge in [0.15, 0.2) is 0 Å². The molecule has 6 heteroatoms. The van der Waals surface area contributed by atoms with Gasteiger partial charge in [-0.15, -0.1) is 0 Å². The molecule has 0 saturated carbocycles. The second-order valence-electron chi connectivity index (χ2n) is 5.69. The molecule has 1 unspecified atom stereocenters. The SMILES string of the molecule is CCN(C)C(=O)CC1CNC(=O)c2cc3cc(N)ccc3n21. The van der Waals surface area contributed by atoms with E-state index in [2.05, 4.69) is 5.32 Å². The van der Waals surface area contributed by atoms with Crippen LogP contribution in [0.4, 0.5) is 5.69 Å². The van der Waals surface area contributed by atoms with E-state index in [1.807, 2.05) is 35.8 Å². The number of rotatable bonds is 3. The minimum Gasteiger partial charge on any atom is -0.399 e. The van der Waals surface area contributed by atoms with E-state index in [9.17, 15) is 9.59 Å². The molecule has 0 radical (unpaired) electrons. The van der Waals surface area contributed by atoms with Crippen LogP contribution in [0.1, 0.15) is 29.9 Å². The van der Waals surface area contributed by atoms with Crippen LogP contribution in [0, 0.1) is 0 Å². The van der Waals surface area contributed by atoms with E-state index in [4.69, 9.17) is 5.73 Å². The number of carbonyl (C=O) groups is 2. The van der Waals surface area contributed by atoms with E-state index in [1.165, 1.54) is 0 Å². The lowest BCUT2D eigenvalue weighted by Crippen LogP contribution is -2.41. The highest BCUT2D eigenvalue weighted by atomic mass is 16.2. The van der Waals surface area contributed by atoms with Crippen molar-refractivity contribution in [1.29, 1.82) is 0 Å². The van der Waals surface area contributed by atoms with Gasteiger partial charge in [-0.1, -0.05) is 0 Å². The van der Waals surface area contributed by atoms with Gasteiger partial charge in [0.2, 0.25) is 5.91 Å². The van der Waals surface area contributed by atoms with Gasteiger partial charge in [0.05, 0.1) is 6.04 Å². The minimum absolute atomic E-state index is 0.0738. The molecule has 1 atom stereocenters. The lowest BCUT2D eigenvalue weighted by molar-refractivity contribution is -0.130. The van der Waals surface area contributed by atoms with Crippen LogP contribution in [-0.2, 0) is 4.79 Å². The largest absolute Gasteiger partial charge is 0.399 e. The van der Waals surface area contributed by atoms with Crippen molar-refractivity contribution in [1.82, 2.24) is 14.8 Å². The molecule has 1 aliphatic rings. The Kier molecular flexibility index (Phi) is 3.52. The van der Waals surface area contributed by atoms with Crippen LogP contribution in [0.2, 0.25) is 0 Å². The topological polar surface area (TPSA) is 80.4 Å². The van der Waals surface area contributed by atoms with Gasteiger partial charge in [-0.05, 0) is 31.2 Å². The molecule has 3 N–H and O–H groups in total. The van der Waals surface area contributed by atoms with Gasteiger partial charge in [-0.2, -0.15) is 0 Å². The van der Waals surface area contributed by atoms with Crippen LogP contribution in [0.15, 0.2) is 24.3 Å². The molecule has 2 amide bonds. The molecular weight excluding hydrogens is 280 g/mol. The molecule has 1 aromatic heterocycles. The standard InChI is InChI=1S/C16H20N4O2/c1-3-19(2)15(21)8-12-9-18-16(22)14-7-10-6-11(17)4-5-13(10)20(12)14/h4-7,12H,3,8-9,17H2,1-2H3,(H,18,22). The van der Waals surface area contributed by atoms with Crippen LogP contribution in [-0.4, -0.2) is 41.4 Å². The Bertz CT molecular complexity index is 750. The number of hydrogen-bond donors (Lipinski definition) is 2. The third kappa shape index (κ3) is 2.30. The number of carbonyl (C=O) groups excluding carboxylic acids is 2. The van der Waals surface area contributed by atoms with Crippen molar-refractivity contribution in [3.05, 3.63) is 30.0 Å². The fourth-order valence-corrected chi connectivity index (χ4v) is 2.91. The molecule has 6 nitrogen and oxygen atoms in total. The zero-order chi connectivity index (χ0) is 15.9. The van der Waals surface area contributed by atoms with Crippen LogP contribution in [0.25, 0.3) is 10.9 Å². The molecule has 1 aromatic carbocycles. The van der Waals surface area contributed by atoms with E-state index in [0.717, 1.165) is 10.9 Å². The van der Waals surface area contributed by atoms with Crippen molar-refractivity contribution in [2.75, 3.05) is 25.9 Å². The number of nitrogen functional groups attached to an aromatic ring is 1. The molecule has 3 rings (SSSR count). The first-order chi connectivity index (χ1) is 10.5. The molecule has 2 heterocycles. The number of nitrogens with zero attached hydrogens (tertiary/aromatic N) is 2. The first-order valence-corrected chi connectivity index (χ1v) is 7.44. The highest BCUT2D eigenvalue weighted by molar-refractivity contribution is 6.00. The highest BCUT2D eigenvalue weighted by Crippen LogP contribution is 2.29. The second kappa shape index (κ2) is 5.36. The third-order valence-corrected chi connectivity index (χ3v) is 4.27. The van der Waals surface area contributed by atoms with E-state index in [1.54, 1.807) is 11.9 Å². The third-order valence-electron chi connectivity index (χ3n) is 4.27. The second-order valence-corrected chi connectivity index (χ2v) is 5.69. The predicted molar refractivity (Wildman–Crippen MR) is 85.6 cm³/mol. The molecule has 116 valence electrons. The summed E-state index contributed by atoms with van der Waals surface area (Å²) < 4.78 is 1.97. The summed E-state index contributed by atoms with van der Waals surface area (Å²) in [6.07, 6.45) is 0.367. The highest BCUT2D eigenvalue weighted by Gasteiger charge is 2.29. The summed E-state index contributed by atoms with van der Waals surface area (Å²) in [6, 6.07) is 7.34. The fourth-order valence-electron chi connectivity index (χ4n) is 2.91. The summed E-state index contributed by atoms with van der Waals surface area (Å²) >= 11 is 0. The van der Waals surface area contributed by atoms with Crippen molar-refractivity contribution in [2.45, 2.75) is 19.4 Å². The Morgan fingerprint density at radius 1 is 1.45 bits per heavy atom. The number of nitrogens with one attached hydrogen (secondary N) is 1. The number of hydrogen-bond acceptors (Lipinski definition) is 3. The number of fused-ring (bicyclic) bond motifs is 3. The van der Waals surface area contributed by atoms with Crippen molar-refractivity contribution < 1.29 is 9.59 Å². The van der Waals surface area contributed by atoms with Crippen molar-refractivity contribution in [2.24, 2.45) is 0 Å². The van der Waals surface area contributed by atoms with Gasteiger partial charge in [-0.3, -0.25) is 9.59 Å². The predicted octanol–water partition coefficient (Wildman–Crippen LogP) is 1.38. The van der Waals surface area contributed by atoms with Gasteiger partial charge in [0.25, 0.3) is 5.91 Å². The van der Waals surface area contributed by atoms with Gasteiger partial charge < -0.3 is 20.5 Å². The molecule has 0 bridgehead atoms. The Morgan fingerprint density at radius 3 is 2.95 bits per heavy atom. The molecule has 2 aromatic rings. The summed E-state index contributed by atoms with van der Waals surface area (Å²) in [5.41, 5.74) is 8.01. The summed E-state index contributed by atoms with van der Waals surface area (Å²) in [4.78, 5) is 26.0. The molecule has 1 aliphatic heterocycles. The van der Waals surface area contributed by atoms with E-state index in [-0.39, 0.29) is 17.9 Å². The van der Waals surface area contributed by atoms with E-state index in [0.29, 0.717) is 30.9 Å². The van der Waals surface area contributed by atoms with Gasteiger partial charge in [0, 0.05) is 43.1 Å². The maximum atomic E-state index is 12.2. The van der Waals surface area contributed by atoms with E-state index < -0.39 is 0 Å². The first kappa shape index (κ1) is 14.4. The summed E-state index contributed by atoms with van der Waals surface area (Å²) in [6.45, 7) is 3.08. The quantitative estimate of drug-likeness (QED) is 0.840. The monoisotopic (exact) mass is 300 g/mol. The van der Waals surface area contributed by atoms with Crippen LogP contribution < -0.4 is 11.1 Å². The van der Waals surface area contributed by atoms with Crippen molar-refractivity contribution in [3.8, 4) is 0 Å². The Hall–Kier alpha value is -2.50. The lowest BCUT2D eigenvalue weighted by Gasteiger charge is -2.28. The van der Waals surface area contributed by atoms with Crippen molar-refractivity contribution >= 4 is 28.4 Å². The Morgan fingerprint density at radius 2 is 2.23 bits per heavy atom. The maximum absolute atomic E-state index is 12.2. The first-order valence-electron chi connectivity index (χ1n) is 7.44. The number of amides is 2. The smallest absolute Gasteiger partial charge is 0.268 e. The van der Waals surface area contributed by atoms with Crippen LogP contribution in [0.5, 0.6) is 0 Å². The van der Waals surface area contributed by atoms with Gasteiger partial charge >= 0.3 is 0 Å². The maximum Gasteiger partial charge on any atom is 0.268 e. The molecule has 0 aliphatic carbocycles. The van der Waals surface area contributed by atoms with E-state index >= 15 is 0 Å². The number of benzene rings is 1. The number of nitrogens with two attached hydrogens (primary N) is 1. The minimum atomic E-state index is -0.109. The van der Waals surface area contributed by atoms with Crippen LogP contribution >= 0.6 is 0 Å². The van der Waals surface area contributed by atoms with Gasteiger partial charge in [-0.25, -0.2) is 0 Å². The molecule has 22 heavy (non-hydrogen) atoms. The zero-order valence-electron chi connectivity index (χ0n) is 12.8. The summed E-state index contributed by atoms with van der Waals surface area (Å²) in [5, 5.41) is 3.79. The Labute approximate surface area is 128 Å². The normalized spacial score (nSPS) is 17.2. The molecule has 0 saturated heterocycles. The lowest BCUT2D eigenvalue weighted by atomic mass is 10.1. The van der Waals surface area contributed by atoms with Crippen molar-refractivity contribution in [3.63, 3.8) is 0 Å².